The highest BCUT2D eigenvalue weighted by atomic mass is 35.5. The summed E-state index contributed by atoms with van der Waals surface area (Å²) < 4.78 is 28.5. The van der Waals surface area contributed by atoms with Gasteiger partial charge >= 0.3 is 0 Å². The molecule has 3 rings (SSSR count). The lowest BCUT2D eigenvalue weighted by Gasteiger charge is -2.22. The van der Waals surface area contributed by atoms with E-state index in [9.17, 15) is 13.5 Å². The monoisotopic (exact) mass is 387 g/mol. The summed E-state index contributed by atoms with van der Waals surface area (Å²) in [5.74, 6) is 0. The Bertz CT molecular complexity index is 911. The maximum atomic E-state index is 12.2. The number of rotatable bonds is 5. The van der Waals surface area contributed by atoms with Crippen LogP contribution in [0.1, 0.15) is 11.8 Å². The number of nitrogens with one attached hydrogen (secondary N) is 1. The van der Waals surface area contributed by atoms with Gasteiger partial charge in [-0.05, 0) is 36.6 Å². The molecule has 0 saturated heterocycles. The summed E-state index contributed by atoms with van der Waals surface area (Å²) in [4.78, 5) is 0.714. The Morgan fingerprint density at radius 3 is 2.61 bits per heavy atom. The summed E-state index contributed by atoms with van der Waals surface area (Å²) in [6.07, 6.45) is 0. The molecule has 3 aromatic rings. The zero-order valence-corrected chi connectivity index (χ0v) is 15.3. The predicted octanol–water partition coefficient (Wildman–Crippen LogP) is 3.80. The van der Waals surface area contributed by atoms with Crippen LogP contribution in [0, 0.1) is 0 Å². The molecule has 0 aliphatic rings. The van der Waals surface area contributed by atoms with E-state index in [4.69, 9.17) is 11.6 Å². The fourth-order valence-electron chi connectivity index (χ4n) is 2.08. The molecule has 4 nitrogen and oxygen atoms in total. The summed E-state index contributed by atoms with van der Waals surface area (Å²) in [5.41, 5.74) is -1.29. The SMILES string of the molecule is C[C@](O)(CNS(=O)(=O)c1ccc(Cl)s1)c1cc2ccccc2s1. The summed E-state index contributed by atoms with van der Waals surface area (Å²) in [7, 11) is -3.68. The van der Waals surface area contributed by atoms with E-state index in [1.54, 1.807) is 6.92 Å². The van der Waals surface area contributed by atoms with Gasteiger partial charge in [0.05, 0.1) is 4.34 Å². The van der Waals surface area contributed by atoms with Crippen LogP contribution in [0.3, 0.4) is 0 Å². The van der Waals surface area contributed by atoms with Gasteiger partial charge < -0.3 is 5.11 Å². The third kappa shape index (κ3) is 3.60. The highest BCUT2D eigenvalue weighted by Crippen LogP contribution is 2.33. The Balaban J connectivity index is 1.80. The van der Waals surface area contributed by atoms with Gasteiger partial charge in [0.25, 0.3) is 0 Å². The second kappa shape index (κ2) is 6.16. The molecule has 2 aromatic heterocycles. The van der Waals surface area contributed by atoms with Gasteiger partial charge in [0.15, 0.2) is 0 Å². The van der Waals surface area contributed by atoms with Crippen LogP contribution in [0.25, 0.3) is 10.1 Å². The van der Waals surface area contributed by atoms with E-state index >= 15 is 0 Å². The molecule has 0 radical (unpaired) electrons. The quantitative estimate of drug-likeness (QED) is 0.699. The molecule has 1 aromatic carbocycles. The molecule has 122 valence electrons. The number of benzene rings is 1. The number of fused-ring (bicyclic) bond motifs is 1. The van der Waals surface area contributed by atoms with E-state index < -0.39 is 15.6 Å². The standard InChI is InChI=1S/C15H14ClNO3S3/c1-15(18,12-8-10-4-2-3-5-11(10)21-12)9-17-23(19,20)14-7-6-13(16)22-14/h2-8,17-18H,9H2,1H3/t15-/m0/s1. The maximum Gasteiger partial charge on any atom is 0.250 e. The lowest BCUT2D eigenvalue weighted by Crippen LogP contribution is -2.37. The largest absolute Gasteiger partial charge is 0.383 e. The van der Waals surface area contributed by atoms with Crippen LogP contribution in [0.4, 0.5) is 0 Å². The van der Waals surface area contributed by atoms with E-state index in [1.807, 2.05) is 30.3 Å². The van der Waals surface area contributed by atoms with Crippen molar-refractivity contribution in [3.05, 3.63) is 51.7 Å². The average molecular weight is 388 g/mol. The first kappa shape index (κ1) is 16.9. The van der Waals surface area contributed by atoms with Crippen molar-refractivity contribution in [2.24, 2.45) is 0 Å². The third-order valence-electron chi connectivity index (χ3n) is 3.38. The first-order valence-corrected chi connectivity index (χ1v) is 10.2. The number of aliphatic hydroxyl groups is 1. The van der Waals surface area contributed by atoms with Crippen LogP contribution in [-0.2, 0) is 15.6 Å². The first-order chi connectivity index (χ1) is 10.8. The van der Waals surface area contributed by atoms with Gasteiger partial charge in [-0.25, -0.2) is 13.1 Å². The van der Waals surface area contributed by atoms with Crippen molar-refractivity contribution in [3.8, 4) is 0 Å². The zero-order valence-electron chi connectivity index (χ0n) is 12.1. The van der Waals surface area contributed by atoms with Gasteiger partial charge in [-0.2, -0.15) is 0 Å². The van der Waals surface area contributed by atoms with Crippen molar-refractivity contribution in [1.82, 2.24) is 4.72 Å². The smallest absolute Gasteiger partial charge is 0.250 e. The average Bonchev–Trinajstić information content (AvgIpc) is 3.12. The predicted molar refractivity (Wildman–Crippen MR) is 95.9 cm³/mol. The van der Waals surface area contributed by atoms with E-state index in [0.29, 0.717) is 9.21 Å². The minimum Gasteiger partial charge on any atom is -0.383 e. The van der Waals surface area contributed by atoms with E-state index in [2.05, 4.69) is 4.72 Å². The lowest BCUT2D eigenvalue weighted by atomic mass is 10.1. The molecule has 1 atom stereocenters. The van der Waals surface area contributed by atoms with Crippen molar-refractivity contribution < 1.29 is 13.5 Å². The van der Waals surface area contributed by atoms with E-state index in [1.165, 1.54) is 23.5 Å². The molecule has 0 unspecified atom stereocenters. The van der Waals surface area contributed by atoms with Crippen molar-refractivity contribution in [2.75, 3.05) is 6.54 Å². The van der Waals surface area contributed by atoms with Crippen LogP contribution >= 0.6 is 34.3 Å². The van der Waals surface area contributed by atoms with Crippen molar-refractivity contribution in [3.63, 3.8) is 0 Å². The van der Waals surface area contributed by atoms with Crippen molar-refractivity contribution >= 4 is 54.4 Å². The molecule has 0 bridgehead atoms. The number of thiophene rings is 2. The topological polar surface area (TPSA) is 66.4 Å². The number of hydrogen-bond donors (Lipinski definition) is 2. The van der Waals surface area contributed by atoms with Gasteiger partial charge in [-0.1, -0.05) is 29.8 Å². The zero-order chi connectivity index (χ0) is 16.7. The molecule has 0 aliphatic heterocycles. The first-order valence-electron chi connectivity index (χ1n) is 6.74. The summed E-state index contributed by atoms with van der Waals surface area (Å²) >= 11 is 8.21. The van der Waals surface area contributed by atoms with Crippen LogP contribution in [0.5, 0.6) is 0 Å². The van der Waals surface area contributed by atoms with Crippen LogP contribution in [0.2, 0.25) is 4.34 Å². The van der Waals surface area contributed by atoms with Crippen LogP contribution < -0.4 is 4.72 Å². The Kier molecular flexibility index (Phi) is 4.52. The minimum absolute atomic E-state index is 0.113. The number of sulfonamides is 1. The highest BCUT2D eigenvalue weighted by molar-refractivity contribution is 7.91. The van der Waals surface area contributed by atoms with E-state index in [-0.39, 0.29) is 10.8 Å². The summed E-state index contributed by atoms with van der Waals surface area (Å²) in [6.45, 7) is 1.49. The van der Waals surface area contributed by atoms with Crippen LogP contribution in [-0.4, -0.2) is 20.1 Å². The minimum atomic E-state index is -3.68. The lowest BCUT2D eigenvalue weighted by molar-refractivity contribution is 0.0667. The molecule has 23 heavy (non-hydrogen) atoms. The molecule has 2 heterocycles. The van der Waals surface area contributed by atoms with Gasteiger partial charge in [0.2, 0.25) is 10.0 Å². The molecule has 0 fully saturated rings. The second-order valence-electron chi connectivity index (χ2n) is 5.31. The summed E-state index contributed by atoms with van der Waals surface area (Å²) in [5, 5.41) is 11.7. The molecule has 0 aliphatic carbocycles. The number of hydrogen-bond acceptors (Lipinski definition) is 5. The molecule has 0 saturated carbocycles. The molecule has 0 amide bonds. The Morgan fingerprint density at radius 1 is 1.22 bits per heavy atom. The Hall–Kier alpha value is -0.960. The van der Waals surface area contributed by atoms with E-state index in [0.717, 1.165) is 21.4 Å². The third-order valence-corrected chi connectivity index (χ3v) is 7.87. The molecule has 0 spiro atoms. The number of halogens is 1. The van der Waals surface area contributed by atoms with Crippen LogP contribution in [0.15, 0.2) is 46.7 Å². The fourth-order valence-corrected chi connectivity index (χ4v) is 5.85. The fraction of sp³-hybridized carbons (Fsp3) is 0.200. The van der Waals surface area contributed by atoms with Crippen molar-refractivity contribution in [1.29, 1.82) is 0 Å². The Labute approximate surface area is 147 Å². The normalized spacial score (nSPS) is 14.9. The molecular formula is C15H14ClNO3S3. The van der Waals surface area contributed by atoms with Gasteiger partial charge in [-0.15, -0.1) is 22.7 Å². The Morgan fingerprint density at radius 2 is 1.96 bits per heavy atom. The summed E-state index contributed by atoms with van der Waals surface area (Å²) in [6, 6.07) is 12.7. The van der Waals surface area contributed by atoms with Crippen molar-refractivity contribution in [2.45, 2.75) is 16.7 Å². The molecular weight excluding hydrogens is 374 g/mol. The second-order valence-corrected chi connectivity index (χ2v) is 10.1. The van der Waals surface area contributed by atoms with Gasteiger partial charge in [-0.3, -0.25) is 0 Å². The van der Waals surface area contributed by atoms with Gasteiger partial charge in [0, 0.05) is 16.1 Å². The molecule has 8 heteroatoms. The highest BCUT2D eigenvalue weighted by Gasteiger charge is 2.28. The molecule has 2 N–H and O–H groups in total. The van der Waals surface area contributed by atoms with Gasteiger partial charge in [0.1, 0.15) is 9.81 Å². The maximum absolute atomic E-state index is 12.2.